The second-order valence-corrected chi connectivity index (χ2v) is 17.3. The van der Waals surface area contributed by atoms with Gasteiger partial charge in [0.25, 0.3) is 0 Å². The van der Waals surface area contributed by atoms with Crippen LogP contribution in [0.1, 0.15) is 115 Å². The number of carboxylic acids is 1. The van der Waals surface area contributed by atoms with Gasteiger partial charge in [-0.05, 0) is 139 Å². The molecule has 252 valence electrons. The number of allylic oxidation sites excluding steroid dienone is 3. The highest BCUT2D eigenvalue weighted by Crippen LogP contribution is 2.77. The Bertz CT molecular complexity index is 1430. The van der Waals surface area contributed by atoms with Gasteiger partial charge in [0.1, 0.15) is 0 Å². The number of aromatic carboxylic acids is 1. The topological polar surface area (TPSA) is 107 Å². The van der Waals surface area contributed by atoms with Crippen LogP contribution in [0.2, 0.25) is 0 Å². The van der Waals surface area contributed by atoms with Crippen molar-refractivity contribution in [2.24, 2.45) is 56.7 Å². The van der Waals surface area contributed by atoms with Crippen molar-refractivity contribution in [2.75, 3.05) is 13.2 Å². The fraction of sp³-hybridized carbons (Fsp3) is 0.700. The molecule has 6 rings (SSSR count). The van der Waals surface area contributed by atoms with Gasteiger partial charge in [0, 0.05) is 6.54 Å². The highest BCUT2D eigenvalue weighted by Gasteiger charge is 2.71. The van der Waals surface area contributed by atoms with Crippen molar-refractivity contribution in [1.29, 1.82) is 0 Å². The summed E-state index contributed by atoms with van der Waals surface area (Å²) in [6, 6.07) is 7.46. The number of carbonyl (C=O) groups is 2. The van der Waals surface area contributed by atoms with E-state index in [2.05, 4.69) is 59.5 Å². The number of aliphatic hydroxyl groups is 2. The quantitative estimate of drug-likeness (QED) is 0.233. The molecule has 46 heavy (non-hydrogen) atoms. The molecule has 1 amide bonds. The van der Waals surface area contributed by atoms with Gasteiger partial charge in [-0.3, -0.25) is 4.79 Å². The van der Waals surface area contributed by atoms with E-state index in [1.165, 1.54) is 30.4 Å². The summed E-state index contributed by atoms with van der Waals surface area (Å²) >= 11 is 0. The lowest BCUT2D eigenvalue weighted by Gasteiger charge is -2.72. The number of fused-ring (bicyclic) bond motifs is 7. The summed E-state index contributed by atoms with van der Waals surface area (Å²) in [5.41, 5.74) is 3.97. The van der Waals surface area contributed by atoms with Crippen LogP contribution in [-0.4, -0.2) is 46.5 Å². The van der Waals surface area contributed by atoms with Gasteiger partial charge in [0.15, 0.2) is 0 Å². The van der Waals surface area contributed by atoms with E-state index >= 15 is 0 Å². The predicted molar refractivity (Wildman–Crippen MR) is 182 cm³/mol. The maximum Gasteiger partial charge on any atom is 0.335 e. The minimum absolute atomic E-state index is 0.0355. The average Bonchev–Trinajstić information content (AvgIpc) is 3.41. The van der Waals surface area contributed by atoms with Crippen LogP contribution in [0.15, 0.2) is 42.5 Å². The lowest BCUT2D eigenvalue weighted by atomic mass is 9.32. The van der Waals surface area contributed by atoms with Crippen LogP contribution < -0.4 is 5.32 Å². The van der Waals surface area contributed by atoms with Crippen molar-refractivity contribution < 1.29 is 24.9 Å². The Kier molecular flexibility index (Phi) is 8.24. The number of hydrogen-bond donors (Lipinski definition) is 4. The second-order valence-electron chi connectivity index (χ2n) is 17.3. The van der Waals surface area contributed by atoms with Gasteiger partial charge in [-0.15, -0.1) is 0 Å². The summed E-state index contributed by atoms with van der Waals surface area (Å²) in [7, 11) is 0. The smallest absolute Gasteiger partial charge is 0.335 e. The fourth-order valence-electron chi connectivity index (χ4n) is 12.9. The standard InChI is InChI=1S/C40H57NO5/c1-24(2)28-14-19-40(35(46)41-22-27(43)23-42)21-20-38(6)30(33(28)40)12-13-32-37(5)17-15-29(25-8-10-26(11-9-25)34(44)45)36(3,4)31(37)16-18-39(32,38)7/h8-11,15,27-28,30-33,42-43H,1,12-14,16-23H2,2-7H3,(H,41,46)(H,44,45)/t27?,28-,30+,31-,32+,33+,37-,38+,39+,40-/m0/s1. The third kappa shape index (κ3) is 4.63. The SMILES string of the molecule is C=C(C)[C@@H]1CC[C@]2(C(=O)NCC(O)CO)CC[C@]3(C)[C@H](CC[C@@H]4[C@@]5(C)CC=C(c6ccc(C(=O)O)cc6)C(C)(C)[C@@H]5CC[C@]43C)[C@@H]12. The van der Waals surface area contributed by atoms with Crippen molar-refractivity contribution in [3.63, 3.8) is 0 Å². The summed E-state index contributed by atoms with van der Waals surface area (Å²) < 4.78 is 0. The monoisotopic (exact) mass is 631 g/mol. The Morgan fingerprint density at radius 1 is 0.935 bits per heavy atom. The van der Waals surface area contributed by atoms with E-state index in [1.54, 1.807) is 12.1 Å². The molecule has 4 saturated carbocycles. The molecule has 0 heterocycles. The van der Waals surface area contributed by atoms with Crippen molar-refractivity contribution in [1.82, 2.24) is 5.32 Å². The van der Waals surface area contributed by atoms with E-state index in [-0.39, 0.29) is 46.6 Å². The maximum absolute atomic E-state index is 14.1. The molecule has 0 aliphatic heterocycles. The Labute approximate surface area is 276 Å². The first-order valence-electron chi connectivity index (χ1n) is 17.8. The molecule has 0 spiro atoms. The lowest BCUT2D eigenvalue weighted by molar-refractivity contribution is -0.225. The van der Waals surface area contributed by atoms with Gasteiger partial charge in [-0.2, -0.15) is 0 Å². The summed E-state index contributed by atoms with van der Waals surface area (Å²) in [6.07, 6.45) is 11.0. The van der Waals surface area contributed by atoms with E-state index in [0.717, 1.165) is 44.1 Å². The zero-order chi connectivity index (χ0) is 33.4. The molecule has 0 aromatic heterocycles. The number of rotatable bonds is 7. The summed E-state index contributed by atoms with van der Waals surface area (Å²) in [4.78, 5) is 25.6. The van der Waals surface area contributed by atoms with E-state index < -0.39 is 17.5 Å². The van der Waals surface area contributed by atoms with Gasteiger partial charge in [-0.1, -0.05) is 65.0 Å². The van der Waals surface area contributed by atoms with Gasteiger partial charge in [0.05, 0.1) is 23.7 Å². The Morgan fingerprint density at radius 2 is 1.63 bits per heavy atom. The maximum atomic E-state index is 14.1. The first kappa shape index (κ1) is 33.5. The van der Waals surface area contributed by atoms with Crippen LogP contribution >= 0.6 is 0 Å². The third-order valence-electron chi connectivity index (χ3n) is 15.2. The van der Waals surface area contributed by atoms with Crippen molar-refractivity contribution in [2.45, 2.75) is 105 Å². The van der Waals surface area contributed by atoms with Crippen molar-refractivity contribution in [3.8, 4) is 0 Å². The molecule has 0 radical (unpaired) electrons. The molecule has 6 nitrogen and oxygen atoms in total. The zero-order valence-electron chi connectivity index (χ0n) is 29.0. The van der Waals surface area contributed by atoms with E-state index in [9.17, 15) is 24.9 Å². The molecule has 4 N–H and O–H groups in total. The lowest BCUT2D eigenvalue weighted by Crippen LogP contribution is -2.66. The highest BCUT2D eigenvalue weighted by molar-refractivity contribution is 5.88. The van der Waals surface area contributed by atoms with Crippen molar-refractivity contribution >= 4 is 17.4 Å². The van der Waals surface area contributed by atoms with Crippen LogP contribution in [0.3, 0.4) is 0 Å². The van der Waals surface area contributed by atoms with E-state index in [4.69, 9.17) is 0 Å². The molecule has 1 aromatic carbocycles. The highest BCUT2D eigenvalue weighted by atomic mass is 16.4. The normalized spacial score (nSPS) is 41.6. The number of hydrogen-bond acceptors (Lipinski definition) is 4. The number of benzene rings is 1. The molecule has 5 aliphatic carbocycles. The molecule has 6 heteroatoms. The minimum Gasteiger partial charge on any atom is -0.478 e. The number of carboxylic acid groups (broad SMARTS) is 1. The minimum atomic E-state index is -0.935. The molecule has 4 fully saturated rings. The van der Waals surface area contributed by atoms with Crippen LogP contribution in [0, 0.1) is 56.7 Å². The molecule has 0 saturated heterocycles. The van der Waals surface area contributed by atoms with Gasteiger partial charge in [0.2, 0.25) is 5.91 Å². The van der Waals surface area contributed by atoms with Crippen LogP contribution in [0.5, 0.6) is 0 Å². The molecule has 1 unspecified atom stereocenters. The summed E-state index contributed by atoms with van der Waals surface area (Å²) in [5.74, 6) is 1.31. The second kappa shape index (κ2) is 11.3. The molecular formula is C40H57NO5. The third-order valence-corrected chi connectivity index (χ3v) is 15.2. The van der Waals surface area contributed by atoms with Crippen LogP contribution in [-0.2, 0) is 4.79 Å². The predicted octanol–water partition coefficient (Wildman–Crippen LogP) is 7.51. The van der Waals surface area contributed by atoms with E-state index in [1.807, 2.05) is 12.1 Å². The molecule has 1 aromatic rings. The summed E-state index contributed by atoms with van der Waals surface area (Å²) in [6.45, 7) is 18.9. The Balaban J connectivity index is 1.33. The molecule has 10 atom stereocenters. The van der Waals surface area contributed by atoms with Gasteiger partial charge >= 0.3 is 5.97 Å². The molecular weight excluding hydrogens is 574 g/mol. The molecule has 5 aliphatic rings. The number of carbonyl (C=O) groups excluding carboxylic acids is 1. The van der Waals surface area contributed by atoms with Gasteiger partial charge < -0.3 is 20.6 Å². The van der Waals surface area contributed by atoms with Crippen LogP contribution in [0.4, 0.5) is 0 Å². The number of nitrogens with one attached hydrogen (secondary N) is 1. The Morgan fingerprint density at radius 3 is 2.26 bits per heavy atom. The zero-order valence-corrected chi connectivity index (χ0v) is 29.0. The van der Waals surface area contributed by atoms with E-state index in [0.29, 0.717) is 29.2 Å². The van der Waals surface area contributed by atoms with Crippen LogP contribution in [0.25, 0.3) is 5.57 Å². The summed E-state index contributed by atoms with van der Waals surface area (Å²) in [5, 5.41) is 31.9. The molecule has 0 bridgehead atoms. The first-order valence-corrected chi connectivity index (χ1v) is 17.8. The average molecular weight is 632 g/mol. The Hall–Kier alpha value is -2.44. The number of aliphatic hydroxyl groups excluding tert-OH is 2. The number of amides is 1. The fourth-order valence-corrected chi connectivity index (χ4v) is 12.9. The first-order chi connectivity index (χ1) is 21.6. The van der Waals surface area contributed by atoms with Gasteiger partial charge in [-0.25, -0.2) is 4.79 Å². The van der Waals surface area contributed by atoms with Crippen molar-refractivity contribution in [3.05, 3.63) is 53.6 Å². The largest absolute Gasteiger partial charge is 0.478 e.